The van der Waals surface area contributed by atoms with Gasteiger partial charge >= 0.3 is 0 Å². The van der Waals surface area contributed by atoms with Crippen molar-refractivity contribution in [1.82, 2.24) is 5.32 Å². The highest BCUT2D eigenvalue weighted by molar-refractivity contribution is 5.48. The summed E-state index contributed by atoms with van der Waals surface area (Å²) in [6, 6.07) is 4.28. The smallest absolute Gasteiger partial charge is 0.123 e. The lowest BCUT2D eigenvalue weighted by atomic mass is 10.0. The zero-order valence-electron chi connectivity index (χ0n) is 12.5. The van der Waals surface area contributed by atoms with Gasteiger partial charge in [-0.2, -0.15) is 0 Å². The maximum absolute atomic E-state index is 5.82. The Morgan fingerprint density at radius 2 is 2.21 bits per heavy atom. The van der Waals surface area contributed by atoms with Gasteiger partial charge in [0.2, 0.25) is 0 Å². The number of methoxy groups -OCH3 is 1. The Bertz CT molecular complexity index is 429. The van der Waals surface area contributed by atoms with Gasteiger partial charge in [-0.05, 0) is 50.0 Å². The van der Waals surface area contributed by atoms with Crippen LogP contribution in [0.5, 0.6) is 11.5 Å². The number of nitrogens with one attached hydrogen (secondary N) is 1. The van der Waals surface area contributed by atoms with E-state index in [4.69, 9.17) is 9.47 Å². The molecule has 0 spiro atoms. The molecule has 2 rings (SSSR count). The molecule has 0 aliphatic carbocycles. The maximum atomic E-state index is 5.82. The first-order chi connectivity index (χ1) is 9.10. The first-order valence-corrected chi connectivity index (χ1v) is 7.17. The van der Waals surface area contributed by atoms with Crippen molar-refractivity contribution in [2.24, 2.45) is 5.92 Å². The molecule has 106 valence electrons. The Morgan fingerprint density at radius 1 is 1.42 bits per heavy atom. The summed E-state index contributed by atoms with van der Waals surface area (Å²) in [5, 5.41) is 3.46. The third kappa shape index (κ3) is 3.63. The molecule has 0 fully saturated rings. The second kappa shape index (κ2) is 6.29. The summed E-state index contributed by atoms with van der Waals surface area (Å²) in [6.07, 6.45) is 2.24. The Labute approximate surface area is 116 Å². The number of benzene rings is 1. The van der Waals surface area contributed by atoms with Crippen LogP contribution in [0.3, 0.4) is 0 Å². The number of hydrogen-bond donors (Lipinski definition) is 1. The minimum Gasteiger partial charge on any atom is -0.496 e. The van der Waals surface area contributed by atoms with Crippen LogP contribution in [0.2, 0.25) is 0 Å². The van der Waals surface area contributed by atoms with Crippen molar-refractivity contribution in [1.29, 1.82) is 0 Å². The van der Waals surface area contributed by atoms with Crippen LogP contribution in [-0.2, 0) is 12.8 Å². The molecule has 0 amide bonds. The van der Waals surface area contributed by atoms with Crippen LogP contribution in [0.15, 0.2) is 12.1 Å². The van der Waals surface area contributed by atoms with E-state index in [1.165, 1.54) is 11.1 Å². The quantitative estimate of drug-likeness (QED) is 0.801. The molecule has 0 aromatic heterocycles. The molecule has 1 heterocycles. The molecule has 1 unspecified atom stereocenters. The van der Waals surface area contributed by atoms with E-state index in [1.54, 1.807) is 7.11 Å². The molecule has 0 saturated heterocycles. The van der Waals surface area contributed by atoms with Gasteiger partial charge in [0.15, 0.2) is 0 Å². The van der Waals surface area contributed by atoms with E-state index in [1.807, 2.05) is 0 Å². The number of hydrogen-bond acceptors (Lipinski definition) is 3. The normalized spacial score (nSPS) is 17.4. The molecule has 0 saturated carbocycles. The molecule has 1 aromatic carbocycles. The van der Waals surface area contributed by atoms with Gasteiger partial charge in [0, 0.05) is 12.0 Å². The molecular formula is C16H25NO2. The summed E-state index contributed by atoms with van der Waals surface area (Å²) < 4.78 is 11.3. The Balaban J connectivity index is 2.01. The van der Waals surface area contributed by atoms with Gasteiger partial charge in [0.25, 0.3) is 0 Å². The molecule has 1 aliphatic rings. The second-order valence-electron chi connectivity index (χ2n) is 5.75. The third-order valence-corrected chi connectivity index (χ3v) is 3.42. The average Bonchev–Trinajstić information content (AvgIpc) is 2.72. The molecule has 0 bridgehead atoms. The maximum Gasteiger partial charge on any atom is 0.123 e. The van der Waals surface area contributed by atoms with Crippen molar-refractivity contribution < 1.29 is 9.47 Å². The minimum absolute atomic E-state index is 0.286. The lowest BCUT2D eigenvalue weighted by Crippen LogP contribution is -2.22. The summed E-state index contributed by atoms with van der Waals surface area (Å²) in [4.78, 5) is 0. The van der Waals surface area contributed by atoms with Crippen molar-refractivity contribution in [3.63, 3.8) is 0 Å². The van der Waals surface area contributed by atoms with Gasteiger partial charge in [0.1, 0.15) is 17.6 Å². The lowest BCUT2D eigenvalue weighted by molar-refractivity contribution is 0.254. The van der Waals surface area contributed by atoms with Crippen LogP contribution in [0.25, 0.3) is 0 Å². The molecule has 0 radical (unpaired) electrons. The van der Waals surface area contributed by atoms with Crippen LogP contribution in [-0.4, -0.2) is 26.3 Å². The van der Waals surface area contributed by atoms with Gasteiger partial charge in [-0.25, -0.2) is 0 Å². The van der Waals surface area contributed by atoms with Gasteiger partial charge in [-0.3, -0.25) is 0 Å². The van der Waals surface area contributed by atoms with Crippen molar-refractivity contribution in [2.45, 2.75) is 39.7 Å². The lowest BCUT2D eigenvalue weighted by Gasteiger charge is -2.12. The van der Waals surface area contributed by atoms with Crippen LogP contribution in [0, 0.1) is 5.92 Å². The highest BCUT2D eigenvalue weighted by Crippen LogP contribution is 2.35. The molecule has 3 heteroatoms. The van der Waals surface area contributed by atoms with Crippen molar-refractivity contribution in [2.75, 3.05) is 20.2 Å². The predicted molar refractivity (Wildman–Crippen MR) is 78.2 cm³/mol. The van der Waals surface area contributed by atoms with Crippen LogP contribution in [0.4, 0.5) is 0 Å². The second-order valence-corrected chi connectivity index (χ2v) is 5.75. The summed E-state index contributed by atoms with van der Waals surface area (Å²) in [5.41, 5.74) is 2.50. The fourth-order valence-electron chi connectivity index (χ4n) is 2.48. The Hall–Kier alpha value is -1.22. The van der Waals surface area contributed by atoms with Gasteiger partial charge in [-0.1, -0.05) is 13.8 Å². The van der Waals surface area contributed by atoms with Crippen molar-refractivity contribution in [3.05, 3.63) is 23.3 Å². The fourth-order valence-corrected chi connectivity index (χ4v) is 2.48. The van der Waals surface area contributed by atoms with E-state index in [9.17, 15) is 0 Å². The third-order valence-electron chi connectivity index (χ3n) is 3.42. The zero-order chi connectivity index (χ0) is 13.8. The monoisotopic (exact) mass is 263 g/mol. The molecule has 1 atom stereocenters. The van der Waals surface area contributed by atoms with Gasteiger partial charge in [0.05, 0.1) is 7.11 Å². The minimum atomic E-state index is 0.286. The molecule has 19 heavy (non-hydrogen) atoms. The molecule has 1 aromatic rings. The Kier molecular flexibility index (Phi) is 4.70. The predicted octanol–water partition coefficient (Wildman–Crippen LogP) is 2.81. The SMILES string of the molecule is COc1cc2c(cc1CCNCC(C)C)OC(C)C2. The number of rotatable bonds is 6. The van der Waals surface area contributed by atoms with Crippen LogP contribution >= 0.6 is 0 Å². The van der Waals surface area contributed by atoms with E-state index < -0.39 is 0 Å². The summed E-state index contributed by atoms with van der Waals surface area (Å²) in [6.45, 7) is 8.58. The van der Waals surface area contributed by atoms with Crippen molar-refractivity contribution in [3.8, 4) is 11.5 Å². The fraction of sp³-hybridized carbons (Fsp3) is 0.625. The standard InChI is InChI=1S/C16H25NO2/c1-11(2)10-17-6-5-13-8-16-14(7-12(3)19-16)9-15(13)18-4/h8-9,11-12,17H,5-7,10H2,1-4H3. The van der Waals surface area contributed by atoms with Crippen LogP contribution in [0.1, 0.15) is 31.9 Å². The van der Waals surface area contributed by atoms with E-state index >= 15 is 0 Å². The Morgan fingerprint density at radius 3 is 2.89 bits per heavy atom. The summed E-state index contributed by atoms with van der Waals surface area (Å²) >= 11 is 0. The molecule has 1 N–H and O–H groups in total. The highest BCUT2D eigenvalue weighted by atomic mass is 16.5. The largest absolute Gasteiger partial charge is 0.496 e. The highest BCUT2D eigenvalue weighted by Gasteiger charge is 2.21. The number of fused-ring (bicyclic) bond motifs is 1. The molecular weight excluding hydrogens is 238 g/mol. The van der Waals surface area contributed by atoms with E-state index in [0.717, 1.165) is 37.4 Å². The average molecular weight is 263 g/mol. The van der Waals surface area contributed by atoms with Crippen LogP contribution < -0.4 is 14.8 Å². The molecule has 1 aliphatic heterocycles. The number of ether oxygens (including phenoxy) is 2. The summed E-state index contributed by atoms with van der Waals surface area (Å²) in [5.74, 6) is 2.71. The van der Waals surface area contributed by atoms with E-state index in [-0.39, 0.29) is 6.10 Å². The topological polar surface area (TPSA) is 30.5 Å². The first-order valence-electron chi connectivity index (χ1n) is 7.17. The van der Waals surface area contributed by atoms with Gasteiger partial charge in [-0.15, -0.1) is 0 Å². The van der Waals surface area contributed by atoms with E-state index in [0.29, 0.717) is 5.92 Å². The zero-order valence-corrected chi connectivity index (χ0v) is 12.5. The molecule has 3 nitrogen and oxygen atoms in total. The first kappa shape index (κ1) is 14.2. The van der Waals surface area contributed by atoms with Gasteiger partial charge < -0.3 is 14.8 Å². The van der Waals surface area contributed by atoms with E-state index in [2.05, 4.69) is 38.2 Å². The summed E-state index contributed by atoms with van der Waals surface area (Å²) in [7, 11) is 1.74. The van der Waals surface area contributed by atoms with Crippen molar-refractivity contribution >= 4 is 0 Å².